The second-order valence-corrected chi connectivity index (χ2v) is 8.50. The molecule has 2 heterocycles. The van der Waals surface area contributed by atoms with Crippen molar-refractivity contribution in [2.75, 3.05) is 33.4 Å². The maximum absolute atomic E-state index is 13.1. The van der Waals surface area contributed by atoms with Gasteiger partial charge in [-0.15, -0.1) is 0 Å². The molecule has 1 aliphatic heterocycles. The first-order chi connectivity index (χ1) is 15.2. The Balaban J connectivity index is 1.66. The maximum Gasteiger partial charge on any atom is 0.340 e. The van der Waals surface area contributed by atoms with Crippen molar-refractivity contribution in [3.63, 3.8) is 0 Å². The monoisotopic (exact) mass is 440 g/mol. The van der Waals surface area contributed by atoms with Crippen LogP contribution in [0.15, 0.2) is 18.2 Å². The van der Waals surface area contributed by atoms with E-state index in [1.165, 1.54) is 7.11 Å². The number of rotatable bonds is 7. The van der Waals surface area contributed by atoms with Gasteiger partial charge in [-0.05, 0) is 51.7 Å². The van der Waals surface area contributed by atoms with E-state index in [1.54, 1.807) is 18.7 Å². The molecule has 0 saturated carbocycles. The molecule has 1 aromatic carbocycles. The topological polar surface area (TPSA) is 88.7 Å². The number of methoxy groups -OCH3 is 1. The Hall–Kier alpha value is -2.93. The largest absolute Gasteiger partial charge is 0.460 e. The number of carbonyl (C=O) groups is 3. The van der Waals surface area contributed by atoms with E-state index in [4.69, 9.17) is 9.47 Å². The lowest BCUT2D eigenvalue weighted by Crippen LogP contribution is -2.40. The molecule has 172 valence electrons. The molecule has 1 N–H and O–H groups in total. The molecule has 0 atom stereocenters. The third kappa shape index (κ3) is 4.93. The number of piperidine rings is 1. The minimum absolute atomic E-state index is 0.0849. The number of ketones is 1. The summed E-state index contributed by atoms with van der Waals surface area (Å²) in [7, 11) is 1.54. The van der Waals surface area contributed by atoms with E-state index in [-0.39, 0.29) is 24.2 Å². The highest BCUT2D eigenvalue weighted by Crippen LogP contribution is 2.26. The summed E-state index contributed by atoms with van der Waals surface area (Å²) in [6, 6.07) is 5.90. The van der Waals surface area contributed by atoms with E-state index >= 15 is 0 Å². The van der Waals surface area contributed by atoms with Crippen LogP contribution in [0.1, 0.15) is 66.4 Å². The smallest absolute Gasteiger partial charge is 0.340 e. The van der Waals surface area contributed by atoms with Crippen LogP contribution in [0.5, 0.6) is 0 Å². The summed E-state index contributed by atoms with van der Waals surface area (Å²) >= 11 is 0. The van der Waals surface area contributed by atoms with Gasteiger partial charge in [0.25, 0.3) is 5.91 Å². The Kier molecular flexibility index (Phi) is 7.51. The van der Waals surface area contributed by atoms with E-state index in [0.717, 1.165) is 16.7 Å². The molecule has 0 spiro atoms. The number of nitrogens with zero attached hydrogens (tertiary/aromatic N) is 1. The van der Waals surface area contributed by atoms with Crippen molar-refractivity contribution < 1.29 is 23.9 Å². The molecule has 0 aliphatic carbocycles. The molecule has 0 radical (unpaired) electrons. The van der Waals surface area contributed by atoms with Crippen LogP contribution in [0.2, 0.25) is 0 Å². The zero-order valence-corrected chi connectivity index (χ0v) is 19.5. The average Bonchev–Trinajstić information content (AvgIpc) is 3.07. The molecule has 1 aliphatic rings. The van der Waals surface area contributed by atoms with Crippen LogP contribution in [0, 0.1) is 33.6 Å². The molecule has 0 bridgehead atoms. The van der Waals surface area contributed by atoms with Crippen molar-refractivity contribution in [2.24, 2.45) is 5.92 Å². The van der Waals surface area contributed by atoms with Gasteiger partial charge in [0.05, 0.1) is 12.2 Å². The van der Waals surface area contributed by atoms with Crippen molar-refractivity contribution in [1.82, 2.24) is 9.88 Å². The summed E-state index contributed by atoms with van der Waals surface area (Å²) < 4.78 is 10.1. The second-order valence-electron chi connectivity index (χ2n) is 8.50. The molecule has 1 amide bonds. The first-order valence-corrected chi connectivity index (χ1v) is 11.0. The lowest BCUT2D eigenvalue weighted by molar-refractivity contribution is 0.0386. The Morgan fingerprint density at radius 2 is 1.75 bits per heavy atom. The van der Waals surface area contributed by atoms with Crippen LogP contribution in [-0.2, 0) is 9.47 Å². The summed E-state index contributed by atoms with van der Waals surface area (Å²) in [4.78, 5) is 43.4. The molecule has 7 nitrogen and oxygen atoms in total. The van der Waals surface area contributed by atoms with Crippen LogP contribution in [0.25, 0.3) is 0 Å². The van der Waals surface area contributed by atoms with Crippen molar-refractivity contribution in [1.29, 1.82) is 0 Å². The van der Waals surface area contributed by atoms with Crippen LogP contribution in [-0.4, -0.2) is 61.0 Å². The minimum atomic E-state index is -0.467. The molecule has 2 aromatic rings. The Bertz CT molecular complexity index is 1020. The third-order valence-corrected chi connectivity index (χ3v) is 6.18. The average molecular weight is 441 g/mol. The summed E-state index contributed by atoms with van der Waals surface area (Å²) in [5, 5.41) is 0. The lowest BCUT2D eigenvalue weighted by Gasteiger charge is -2.31. The first-order valence-electron chi connectivity index (χ1n) is 11.0. The van der Waals surface area contributed by atoms with Gasteiger partial charge in [-0.1, -0.05) is 23.8 Å². The van der Waals surface area contributed by atoms with Crippen molar-refractivity contribution in [3.05, 3.63) is 57.4 Å². The van der Waals surface area contributed by atoms with Gasteiger partial charge in [0.15, 0.2) is 5.78 Å². The summed E-state index contributed by atoms with van der Waals surface area (Å²) in [6.45, 7) is 8.97. The highest BCUT2D eigenvalue weighted by Gasteiger charge is 2.31. The standard InChI is InChI=1S/C25H32N2O5/c1-15-6-7-20(16(2)14-15)23(28)19-8-10-27(11-9-19)24(29)22-17(3)21(18(4)26-22)25(30)32-13-12-31-5/h6-7,14,19,26H,8-13H2,1-5H3. The number of likely N-dealkylation sites (tertiary alicyclic amines) is 1. The van der Waals surface area contributed by atoms with Crippen LogP contribution >= 0.6 is 0 Å². The Morgan fingerprint density at radius 1 is 1.06 bits per heavy atom. The normalized spacial score (nSPS) is 14.5. The van der Waals surface area contributed by atoms with Gasteiger partial charge in [-0.2, -0.15) is 0 Å². The molecule has 0 unspecified atom stereocenters. The SMILES string of the molecule is COCCOC(=O)c1c(C)[nH]c(C(=O)N2CCC(C(=O)c3ccc(C)cc3C)CC2)c1C. The number of Topliss-reactive ketones (excluding diaryl/α,β-unsaturated/α-hetero) is 1. The molecular formula is C25H32N2O5. The van der Waals surface area contributed by atoms with Gasteiger partial charge >= 0.3 is 5.97 Å². The second kappa shape index (κ2) is 10.1. The van der Waals surface area contributed by atoms with Gasteiger partial charge in [-0.25, -0.2) is 4.79 Å². The maximum atomic E-state index is 13.1. The quantitative estimate of drug-likeness (QED) is 0.402. The number of aromatic amines is 1. The van der Waals surface area contributed by atoms with Gasteiger partial charge in [0.1, 0.15) is 12.3 Å². The fourth-order valence-electron chi connectivity index (χ4n) is 4.37. The molecule has 3 rings (SSSR count). The molecule has 1 fully saturated rings. The van der Waals surface area contributed by atoms with E-state index in [0.29, 0.717) is 55.1 Å². The summed E-state index contributed by atoms with van der Waals surface area (Å²) in [5.41, 5.74) is 4.89. The molecule has 7 heteroatoms. The number of aromatic nitrogens is 1. The van der Waals surface area contributed by atoms with Gasteiger partial charge in [-0.3, -0.25) is 9.59 Å². The number of benzene rings is 1. The molecule has 1 aromatic heterocycles. The molecular weight excluding hydrogens is 408 g/mol. The lowest BCUT2D eigenvalue weighted by atomic mass is 9.87. The van der Waals surface area contributed by atoms with Crippen molar-refractivity contribution in [3.8, 4) is 0 Å². The number of H-pyrrole nitrogens is 1. The number of carbonyl (C=O) groups excluding carboxylic acids is 3. The van der Waals surface area contributed by atoms with Gasteiger partial charge in [0, 0.05) is 37.4 Å². The zero-order chi connectivity index (χ0) is 23.4. The van der Waals surface area contributed by atoms with Crippen molar-refractivity contribution in [2.45, 2.75) is 40.5 Å². The highest BCUT2D eigenvalue weighted by molar-refractivity contribution is 6.01. The molecule has 1 saturated heterocycles. The minimum Gasteiger partial charge on any atom is -0.460 e. The fourth-order valence-corrected chi connectivity index (χ4v) is 4.37. The number of nitrogens with one attached hydrogen (secondary N) is 1. The van der Waals surface area contributed by atoms with Gasteiger partial charge < -0.3 is 19.4 Å². The zero-order valence-electron chi connectivity index (χ0n) is 19.5. The predicted molar refractivity (Wildman–Crippen MR) is 121 cm³/mol. The molecule has 32 heavy (non-hydrogen) atoms. The first kappa shape index (κ1) is 23.7. The number of hydrogen-bond donors (Lipinski definition) is 1. The number of esters is 1. The van der Waals surface area contributed by atoms with Gasteiger partial charge in [0.2, 0.25) is 0 Å². The predicted octanol–water partition coefficient (Wildman–Crippen LogP) is 3.79. The van der Waals surface area contributed by atoms with E-state index in [2.05, 4.69) is 4.98 Å². The number of hydrogen-bond acceptors (Lipinski definition) is 5. The number of aryl methyl sites for hydroxylation is 3. The Labute approximate surface area is 189 Å². The summed E-state index contributed by atoms with van der Waals surface area (Å²) in [5.74, 6) is -0.551. The fraction of sp³-hybridized carbons (Fsp3) is 0.480. The van der Waals surface area contributed by atoms with Crippen LogP contribution in [0.3, 0.4) is 0 Å². The third-order valence-electron chi connectivity index (χ3n) is 6.18. The van der Waals surface area contributed by atoms with E-state index < -0.39 is 5.97 Å². The Morgan fingerprint density at radius 3 is 2.38 bits per heavy atom. The van der Waals surface area contributed by atoms with Crippen LogP contribution < -0.4 is 0 Å². The highest BCUT2D eigenvalue weighted by atomic mass is 16.6. The van der Waals surface area contributed by atoms with E-state index in [1.807, 2.05) is 32.0 Å². The van der Waals surface area contributed by atoms with Crippen LogP contribution in [0.4, 0.5) is 0 Å². The number of ether oxygens (including phenoxy) is 2. The van der Waals surface area contributed by atoms with E-state index in [9.17, 15) is 14.4 Å². The van der Waals surface area contributed by atoms with Crippen molar-refractivity contribution >= 4 is 17.7 Å². The number of amides is 1. The summed E-state index contributed by atoms with van der Waals surface area (Å²) in [6.07, 6.45) is 1.26.